The molecule has 1 aliphatic heterocycles. The number of hydrogen-bond acceptors (Lipinski definition) is 6. The van der Waals surface area contributed by atoms with Gasteiger partial charge in [-0.25, -0.2) is 4.98 Å². The van der Waals surface area contributed by atoms with Crippen LogP contribution in [0, 0.1) is 0 Å². The van der Waals surface area contributed by atoms with Crippen molar-refractivity contribution in [2.75, 3.05) is 19.0 Å². The fourth-order valence-corrected chi connectivity index (χ4v) is 3.05. The third kappa shape index (κ3) is 4.57. The number of rotatable bonds is 7. The summed E-state index contributed by atoms with van der Waals surface area (Å²) in [6.45, 7) is 1.81. The molecule has 1 aliphatic rings. The summed E-state index contributed by atoms with van der Waals surface area (Å²) in [5.41, 5.74) is 9.13. The van der Waals surface area contributed by atoms with E-state index in [0.717, 1.165) is 49.4 Å². The van der Waals surface area contributed by atoms with Crippen molar-refractivity contribution in [1.82, 2.24) is 14.8 Å². The van der Waals surface area contributed by atoms with E-state index >= 15 is 0 Å². The van der Waals surface area contributed by atoms with Crippen molar-refractivity contribution < 1.29 is 9.53 Å². The molecule has 2 aromatic rings. The van der Waals surface area contributed by atoms with E-state index in [1.807, 2.05) is 10.9 Å². The van der Waals surface area contributed by atoms with Gasteiger partial charge < -0.3 is 15.8 Å². The average Bonchev–Trinajstić information content (AvgIpc) is 3.08. The third-order valence-electron chi connectivity index (χ3n) is 4.42. The molecule has 0 amide bonds. The molecule has 0 saturated heterocycles. The zero-order valence-electron chi connectivity index (χ0n) is 14.6. The molecule has 3 heterocycles. The minimum atomic E-state index is -0.644. The first-order valence-electron chi connectivity index (χ1n) is 8.73. The van der Waals surface area contributed by atoms with E-state index in [9.17, 15) is 4.79 Å². The Morgan fingerprint density at radius 3 is 3.20 bits per heavy atom. The first-order chi connectivity index (χ1) is 12.2. The molecule has 7 nitrogen and oxygen atoms in total. The Morgan fingerprint density at radius 2 is 2.36 bits per heavy atom. The van der Waals surface area contributed by atoms with Crippen LogP contribution >= 0.6 is 0 Å². The number of carbonyl (C=O) groups excluding carboxylic acids is 1. The highest BCUT2D eigenvalue weighted by Crippen LogP contribution is 2.20. The number of hydrogen-bond donors (Lipinski definition) is 2. The summed E-state index contributed by atoms with van der Waals surface area (Å²) in [6, 6.07) is 3.66. The van der Waals surface area contributed by atoms with Gasteiger partial charge in [-0.1, -0.05) is 6.07 Å². The second-order valence-electron chi connectivity index (χ2n) is 6.39. The fraction of sp³-hybridized carbons (Fsp3) is 0.500. The van der Waals surface area contributed by atoms with Crippen LogP contribution in [0.25, 0.3) is 0 Å². The molecule has 0 radical (unpaired) electrons. The van der Waals surface area contributed by atoms with Gasteiger partial charge in [0, 0.05) is 31.4 Å². The monoisotopic (exact) mass is 343 g/mol. The zero-order valence-corrected chi connectivity index (χ0v) is 14.6. The Morgan fingerprint density at radius 1 is 1.48 bits per heavy atom. The Labute approximate surface area is 147 Å². The molecular weight excluding hydrogens is 318 g/mol. The lowest BCUT2D eigenvalue weighted by Crippen LogP contribution is -2.33. The molecule has 3 N–H and O–H groups in total. The smallest absolute Gasteiger partial charge is 0.322 e. The maximum atomic E-state index is 11.4. The quantitative estimate of drug-likeness (QED) is 0.736. The van der Waals surface area contributed by atoms with E-state index in [-0.39, 0.29) is 0 Å². The first-order valence-corrected chi connectivity index (χ1v) is 8.73. The number of nitrogens with one attached hydrogen (secondary N) is 1. The van der Waals surface area contributed by atoms with Crippen LogP contribution in [-0.2, 0) is 35.3 Å². The molecule has 1 atom stereocenters. The number of aromatic nitrogens is 3. The second kappa shape index (κ2) is 8.11. The fourth-order valence-electron chi connectivity index (χ4n) is 3.05. The van der Waals surface area contributed by atoms with E-state index in [2.05, 4.69) is 27.3 Å². The molecule has 0 saturated carbocycles. The van der Waals surface area contributed by atoms with Gasteiger partial charge in [-0.2, -0.15) is 5.10 Å². The molecular formula is C18H25N5O2. The Balaban J connectivity index is 1.48. The van der Waals surface area contributed by atoms with Gasteiger partial charge in [0.1, 0.15) is 11.9 Å². The highest BCUT2D eigenvalue weighted by molar-refractivity contribution is 5.75. The van der Waals surface area contributed by atoms with Gasteiger partial charge in [0.15, 0.2) is 0 Å². The van der Waals surface area contributed by atoms with Gasteiger partial charge in [0.25, 0.3) is 0 Å². The van der Waals surface area contributed by atoms with E-state index in [1.54, 1.807) is 6.20 Å². The number of methoxy groups -OCH3 is 1. The Hall–Kier alpha value is -2.41. The number of nitrogens with two attached hydrogens (primary N) is 1. The second-order valence-corrected chi connectivity index (χ2v) is 6.39. The van der Waals surface area contributed by atoms with Gasteiger partial charge in [0.2, 0.25) is 0 Å². The average molecular weight is 343 g/mol. The van der Waals surface area contributed by atoms with Crippen LogP contribution in [0.5, 0.6) is 0 Å². The maximum Gasteiger partial charge on any atom is 0.322 e. The van der Waals surface area contributed by atoms with Crippen molar-refractivity contribution >= 4 is 11.8 Å². The van der Waals surface area contributed by atoms with Crippen molar-refractivity contribution in [1.29, 1.82) is 0 Å². The first kappa shape index (κ1) is 17.4. The highest BCUT2D eigenvalue weighted by atomic mass is 16.5. The lowest BCUT2D eigenvalue weighted by Gasteiger charge is -2.17. The summed E-state index contributed by atoms with van der Waals surface area (Å²) >= 11 is 0. The van der Waals surface area contributed by atoms with E-state index < -0.39 is 12.0 Å². The van der Waals surface area contributed by atoms with Crippen LogP contribution in [0.15, 0.2) is 24.5 Å². The number of nitrogens with zero attached hydrogens (tertiary/aromatic N) is 3. The highest BCUT2D eigenvalue weighted by Gasteiger charge is 2.15. The number of fused-ring (bicyclic) bond motifs is 1. The molecule has 1 unspecified atom stereocenters. The summed E-state index contributed by atoms with van der Waals surface area (Å²) in [6.07, 6.45) is 8.27. The number of esters is 1. The van der Waals surface area contributed by atoms with Gasteiger partial charge >= 0.3 is 5.97 Å². The summed E-state index contributed by atoms with van der Waals surface area (Å²) in [4.78, 5) is 16.1. The van der Waals surface area contributed by atoms with Crippen LogP contribution in [0.3, 0.4) is 0 Å². The van der Waals surface area contributed by atoms with Gasteiger partial charge in [0.05, 0.1) is 13.3 Å². The summed E-state index contributed by atoms with van der Waals surface area (Å²) in [5, 5.41) is 7.70. The zero-order chi connectivity index (χ0) is 17.6. The number of carbonyl (C=O) groups is 1. The largest absolute Gasteiger partial charge is 0.468 e. The SMILES string of the molecule is COC(=O)C(N)Cc1cnn(CCCc2ccc3c(n2)NCCC3)c1. The van der Waals surface area contributed by atoms with Gasteiger partial charge in [-0.05, 0) is 42.9 Å². The molecule has 0 spiro atoms. The Bertz CT molecular complexity index is 728. The van der Waals surface area contributed by atoms with E-state index in [0.29, 0.717) is 6.42 Å². The summed E-state index contributed by atoms with van der Waals surface area (Å²) in [5.74, 6) is 0.641. The minimum Gasteiger partial charge on any atom is -0.468 e. The van der Waals surface area contributed by atoms with Crippen LogP contribution < -0.4 is 11.1 Å². The predicted molar refractivity (Wildman–Crippen MR) is 95.3 cm³/mol. The molecule has 3 rings (SSSR count). The lowest BCUT2D eigenvalue weighted by molar-refractivity contribution is -0.142. The molecule has 0 aliphatic carbocycles. The third-order valence-corrected chi connectivity index (χ3v) is 4.42. The van der Waals surface area contributed by atoms with Crippen molar-refractivity contribution in [3.63, 3.8) is 0 Å². The van der Waals surface area contributed by atoms with Gasteiger partial charge in [-0.15, -0.1) is 0 Å². The molecule has 0 bridgehead atoms. The topological polar surface area (TPSA) is 95.1 Å². The van der Waals surface area contributed by atoms with Crippen molar-refractivity contribution in [2.24, 2.45) is 5.73 Å². The van der Waals surface area contributed by atoms with Crippen molar-refractivity contribution in [2.45, 2.75) is 44.7 Å². The summed E-state index contributed by atoms with van der Waals surface area (Å²) < 4.78 is 6.53. The minimum absolute atomic E-state index is 0.403. The standard InChI is InChI=1S/C18H25N5O2/c1-25-18(24)16(19)10-13-11-21-23(12-13)9-3-5-15-7-6-14-4-2-8-20-17(14)22-15/h6-7,11-12,16H,2-5,8-10,19H2,1H3,(H,20,22). The molecule has 0 aromatic carbocycles. The predicted octanol–water partition coefficient (Wildman–Crippen LogP) is 1.31. The van der Waals surface area contributed by atoms with Gasteiger partial charge in [-0.3, -0.25) is 9.48 Å². The van der Waals surface area contributed by atoms with Crippen LogP contribution in [0.2, 0.25) is 0 Å². The summed E-state index contributed by atoms with van der Waals surface area (Å²) in [7, 11) is 1.34. The van der Waals surface area contributed by atoms with E-state index in [4.69, 9.17) is 10.7 Å². The normalized spacial score (nSPS) is 14.5. The molecule has 0 fully saturated rings. The number of anilines is 1. The number of pyridine rings is 1. The van der Waals surface area contributed by atoms with Crippen LogP contribution in [0.1, 0.15) is 29.7 Å². The number of aryl methyl sites for hydroxylation is 3. The van der Waals surface area contributed by atoms with E-state index in [1.165, 1.54) is 19.1 Å². The molecule has 134 valence electrons. The lowest BCUT2D eigenvalue weighted by atomic mass is 10.1. The maximum absolute atomic E-state index is 11.4. The Kier molecular flexibility index (Phi) is 5.65. The van der Waals surface area contributed by atoms with Crippen LogP contribution in [-0.4, -0.2) is 40.4 Å². The van der Waals surface area contributed by atoms with Crippen molar-refractivity contribution in [3.05, 3.63) is 41.3 Å². The molecule has 25 heavy (non-hydrogen) atoms. The molecule has 2 aromatic heterocycles. The van der Waals surface area contributed by atoms with Crippen LogP contribution in [0.4, 0.5) is 5.82 Å². The molecule has 7 heteroatoms. The van der Waals surface area contributed by atoms with Crippen molar-refractivity contribution in [3.8, 4) is 0 Å². The number of ether oxygens (including phenoxy) is 1.